The summed E-state index contributed by atoms with van der Waals surface area (Å²) in [4.78, 5) is 31.9. The second-order valence-electron chi connectivity index (χ2n) is 11.6. The summed E-state index contributed by atoms with van der Waals surface area (Å²) in [6.07, 6.45) is 8.32. The van der Waals surface area contributed by atoms with Crippen molar-refractivity contribution in [1.82, 2.24) is 9.88 Å². The van der Waals surface area contributed by atoms with E-state index < -0.39 is 5.54 Å². The molecule has 7 heteroatoms. The van der Waals surface area contributed by atoms with Crippen LogP contribution >= 0.6 is 11.3 Å². The first-order chi connectivity index (χ1) is 18.2. The van der Waals surface area contributed by atoms with Gasteiger partial charge in [0.25, 0.3) is 0 Å². The predicted octanol–water partition coefficient (Wildman–Crippen LogP) is 6.43. The Morgan fingerprint density at radius 1 is 1.03 bits per heavy atom. The standard InChI is InChI=1S/C31H38N4O2S/c1-31(2,32)24-10-8-21(9-11-24)27-18-33-28(17-26(27)23-14-15-38-19-23)34-29(36)16-20-4-12-25(13-5-20)35(3)30(37)22-6-7-22/h8-11,14-15,17-20,22,25H,4-7,12-13,16,32H2,1-3H3,(H,33,34,36)/t20-,25-. The monoisotopic (exact) mass is 530 g/mol. The molecular weight excluding hydrogens is 492 g/mol. The van der Waals surface area contributed by atoms with E-state index in [1.807, 2.05) is 38.1 Å². The maximum Gasteiger partial charge on any atom is 0.225 e. The highest BCUT2D eigenvalue weighted by Crippen LogP contribution is 2.36. The Balaban J connectivity index is 1.24. The number of hydrogen-bond donors (Lipinski definition) is 2. The Kier molecular flexibility index (Phi) is 7.68. The summed E-state index contributed by atoms with van der Waals surface area (Å²) in [5, 5.41) is 7.22. The highest BCUT2D eigenvalue weighted by molar-refractivity contribution is 7.08. The minimum absolute atomic E-state index is 0.00177. The fraction of sp³-hybridized carbons (Fsp3) is 0.452. The van der Waals surface area contributed by atoms with Crippen LogP contribution in [0.5, 0.6) is 0 Å². The number of nitrogens with two attached hydrogens (primary N) is 1. The minimum atomic E-state index is -0.399. The van der Waals surface area contributed by atoms with Crippen molar-refractivity contribution >= 4 is 29.0 Å². The molecule has 0 bridgehead atoms. The molecule has 2 heterocycles. The zero-order valence-electron chi connectivity index (χ0n) is 22.6. The molecule has 0 radical (unpaired) electrons. The number of amides is 2. The lowest BCUT2D eigenvalue weighted by Gasteiger charge is -2.34. The van der Waals surface area contributed by atoms with Crippen LogP contribution in [0.1, 0.15) is 64.4 Å². The Bertz CT molecular complexity index is 1270. The van der Waals surface area contributed by atoms with Gasteiger partial charge in [0.05, 0.1) is 0 Å². The first kappa shape index (κ1) is 26.6. The molecule has 0 saturated heterocycles. The van der Waals surface area contributed by atoms with Gasteiger partial charge in [0.1, 0.15) is 5.82 Å². The summed E-state index contributed by atoms with van der Waals surface area (Å²) in [5.41, 5.74) is 11.2. The van der Waals surface area contributed by atoms with E-state index in [4.69, 9.17) is 5.73 Å². The summed E-state index contributed by atoms with van der Waals surface area (Å²) >= 11 is 1.65. The van der Waals surface area contributed by atoms with Gasteiger partial charge in [-0.05, 0) is 103 Å². The molecule has 0 aliphatic heterocycles. The van der Waals surface area contributed by atoms with Gasteiger partial charge in [-0.2, -0.15) is 11.3 Å². The highest BCUT2D eigenvalue weighted by Gasteiger charge is 2.36. The van der Waals surface area contributed by atoms with Gasteiger partial charge >= 0.3 is 0 Å². The first-order valence-corrected chi connectivity index (χ1v) is 14.6. The molecule has 3 aromatic rings. The molecule has 0 unspecified atom stereocenters. The third kappa shape index (κ3) is 6.16. The molecule has 2 saturated carbocycles. The molecule has 5 rings (SSSR count). The second-order valence-corrected chi connectivity index (χ2v) is 12.4. The second kappa shape index (κ2) is 11.0. The van der Waals surface area contributed by atoms with Crippen molar-refractivity contribution < 1.29 is 9.59 Å². The van der Waals surface area contributed by atoms with E-state index >= 15 is 0 Å². The SMILES string of the molecule is CN(C(=O)C1CC1)[C@H]1CC[C@H](CC(=O)Nc2cc(-c3ccsc3)c(-c3ccc(C(C)(C)N)cc3)cn2)CC1. The molecule has 3 N–H and O–H groups in total. The molecule has 6 nitrogen and oxygen atoms in total. The smallest absolute Gasteiger partial charge is 0.225 e. The Morgan fingerprint density at radius 3 is 2.34 bits per heavy atom. The number of carbonyl (C=O) groups excluding carboxylic acids is 2. The van der Waals surface area contributed by atoms with Gasteiger partial charge in [-0.25, -0.2) is 4.98 Å². The van der Waals surface area contributed by atoms with Gasteiger partial charge < -0.3 is 16.0 Å². The molecule has 2 fully saturated rings. The lowest BCUT2D eigenvalue weighted by atomic mass is 9.83. The van der Waals surface area contributed by atoms with Crippen LogP contribution in [0.3, 0.4) is 0 Å². The van der Waals surface area contributed by atoms with Gasteiger partial charge in [-0.1, -0.05) is 24.3 Å². The molecule has 1 aromatic carbocycles. The van der Waals surface area contributed by atoms with E-state index in [0.717, 1.165) is 66.3 Å². The summed E-state index contributed by atoms with van der Waals surface area (Å²) in [6.45, 7) is 4.00. The number of hydrogen-bond acceptors (Lipinski definition) is 5. The van der Waals surface area contributed by atoms with Crippen LogP contribution in [0, 0.1) is 11.8 Å². The molecule has 2 aromatic heterocycles. The van der Waals surface area contributed by atoms with Crippen molar-refractivity contribution in [2.75, 3.05) is 12.4 Å². The third-order valence-corrected chi connectivity index (χ3v) is 8.74. The summed E-state index contributed by atoms with van der Waals surface area (Å²) in [5.74, 6) is 1.49. The van der Waals surface area contributed by atoms with Crippen molar-refractivity contribution in [2.24, 2.45) is 17.6 Å². The predicted molar refractivity (Wildman–Crippen MR) is 155 cm³/mol. The minimum Gasteiger partial charge on any atom is -0.343 e. The number of rotatable bonds is 8. The number of anilines is 1. The van der Waals surface area contributed by atoms with Crippen LogP contribution in [0.25, 0.3) is 22.3 Å². The van der Waals surface area contributed by atoms with E-state index in [1.165, 1.54) is 0 Å². The molecular formula is C31H38N4O2S. The quantitative estimate of drug-likeness (QED) is 0.351. The Hall–Kier alpha value is -3.03. The molecule has 2 aliphatic rings. The average molecular weight is 531 g/mol. The molecule has 0 spiro atoms. The zero-order chi connectivity index (χ0) is 26.9. The largest absolute Gasteiger partial charge is 0.343 e. The Labute approximate surface area is 229 Å². The van der Waals surface area contributed by atoms with Crippen LogP contribution in [0.15, 0.2) is 53.4 Å². The van der Waals surface area contributed by atoms with Gasteiger partial charge in [0.15, 0.2) is 0 Å². The highest BCUT2D eigenvalue weighted by atomic mass is 32.1. The lowest BCUT2D eigenvalue weighted by Crippen LogP contribution is -2.40. The summed E-state index contributed by atoms with van der Waals surface area (Å²) in [6, 6.07) is 12.7. The first-order valence-electron chi connectivity index (χ1n) is 13.7. The maximum atomic E-state index is 13.0. The Morgan fingerprint density at radius 2 is 1.74 bits per heavy atom. The number of pyridine rings is 1. The zero-order valence-corrected chi connectivity index (χ0v) is 23.4. The van der Waals surface area contributed by atoms with Gasteiger partial charge in [0, 0.05) is 42.7 Å². The van der Waals surface area contributed by atoms with Crippen molar-refractivity contribution in [2.45, 2.75) is 70.4 Å². The molecule has 0 atom stereocenters. The van der Waals surface area contributed by atoms with Crippen LogP contribution in [0.4, 0.5) is 5.82 Å². The number of nitrogens with zero attached hydrogens (tertiary/aromatic N) is 2. The fourth-order valence-electron chi connectivity index (χ4n) is 5.48. The number of thiophene rings is 1. The topological polar surface area (TPSA) is 88.3 Å². The number of aromatic nitrogens is 1. The van der Waals surface area contributed by atoms with Gasteiger partial charge in [-0.3, -0.25) is 9.59 Å². The van der Waals surface area contributed by atoms with Crippen LogP contribution in [-0.2, 0) is 15.1 Å². The lowest BCUT2D eigenvalue weighted by molar-refractivity contribution is -0.134. The molecule has 200 valence electrons. The van der Waals surface area contributed by atoms with Crippen LogP contribution < -0.4 is 11.1 Å². The molecule has 2 amide bonds. The van der Waals surface area contributed by atoms with Crippen LogP contribution in [0.2, 0.25) is 0 Å². The van der Waals surface area contributed by atoms with E-state index in [2.05, 4.69) is 51.4 Å². The summed E-state index contributed by atoms with van der Waals surface area (Å²) in [7, 11) is 1.95. The normalized spacial score (nSPS) is 19.7. The molecule has 38 heavy (non-hydrogen) atoms. The van der Waals surface area contributed by atoms with Crippen molar-refractivity contribution in [1.29, 1.82) is 0 Å². The van der Waals surface area contributed by atoms with Gasteiger partial charge in [-0.15, -0.1) is 0 Å². The van der Waals surface area contributed by atoms with Crippen molar-refractivity contribution in [3.05, 3.63) is 58.9 Å². The molecule has 2 aliphatic carbocycles. The number of carbonyl (C=O) groups is 2. The maximum absolute atomic E-state index is 13.0. The van der Waals surface area contributed by atoms with Crippen molar-refractivity contribution in [3.8, 4) is 22.3 Å². The van der Waals surface area contributed by atoms with E-state index in [-0.39, 0.29) is 11.8 Å². The average Bonchev–Trinajstić information content (AvgIpc) is 3.61. The van der Waals surface area contributed by atoms with Crippen LogP contribution in [-0.4, -0.2) is 34.8 Å². The van der Waals surface area contributed by atoms with E-state index in [1.54, 1.807) is 11.3 Å². The third-order valence-electron chi connectivity index (χ3n) is 8.06. The van der Waals surface area contributed by atoms with Gasteiger partial charge in [0.2, 0.25) is 11.8 Å². The number of benzene rings is 1. The fourth-order valence-corrected chi connectivity index (χ4v) is 6.14. The van der Waals surface area contributed by atoms with Crippen molar-refractivity contribution in [3.63, 3.8) is 0 Å². The van der Waals surface area contributed by atoms with E-state index in [0.29, 0.717) is 30.1 Å². The summed E-state index contributed by atoms with van der Waals surface area (Å²) < 4.78 is 0. The van der Waals surface area contributed by atoms with E-state index in [9.17, 15) is 9.59 Å². The number of nitrogens with one attached hydrogen (secondary N) is 1.